The highest BCUT2D eigenvalue weighted by atomic mass is 16.7. The normalized spacial score (nSPS) is 25.8. The summed E-state index contributed by atoms with van der Waals surface area (Å²) in [6, 6.07) is 5.41. The SMILES string of the molecule is COc1cc(O[C@@H]2O[C@H](CO)[C@@H](O)[C@H](O)[C@H]2O)c(OC)c2c(=O)c3cc(O)ccc3oc12. The summed E-state index contributed by atoms with van der Waals surface area (Å²) < 4.78 is 27.6. The van der Waals surface area contributed by atoms with E-state index in [1.54, 1.807) is 0 Å². The van der Waals surface area contributed by atoms with Gasteiger partial charge in [0.2, 0.25) is 11.7 Å². The third-order valence-electron chi connectivity index (χ3n) is 5.33. The van der Waals surface area contributed by atoms with E-state index in [9.17, 15) is 30.3 Å². The number of aromatic hydroxyl groups is 1. The van der Waals surface area contributed by atoms with Crippen LogP contribution >= 0.6 is 0 Å². The van der Waals surface area contributed by atoms with Crippen LogP contribution in [0.4, 0.5) is 0 Å². The van der Waals surface area contributed by atoms with Gasteiger partial charge in [0.15, 0.2) is 22.8 Å². The van der Waals surface area contributed by atoms with Gasteiger partial charge in [-0.25, -0.2) is 0 Å². The van der Waals surface area contributed by atoms with Crippen LogP contribution in [0.3, 0.4) is 0 Å². The molecule has 32 heavy (non-hydrogen) atoms. The summed E-state index contributed by atoms with van der Waals surface area (Å²) in [7, 11) is 2.63. The summed E-state index contributed by atoms with van der Waals surface area (Å²) in [5.74, 6) is -0.194. The van der Waals surface area contributed by atoms with Gasteiger partial charge in [0.1, 0.15) is 41.1 Å². The number of aliphatic hydroxyl groups excluding tert-OH is 4. The lowest BCUT2D eigenvalue weighted by Gasteiger charge is -2.39. The molecule has 0 spiro atoms. The number of phenolic OH excluding ortho intramolecular Hbond substituents is 1. The Morgan fingerprint density at radius 2 is 1.75 bits per heavy atom. The molecule has 1 aromatic heterocycles. The number of rotatable bonds is 5. The van der Waals surface area contributed by atoms with Gasteiger partial charge in [0, 0.05) is 6.07 Å². The Kier molecular flexibility index (Phi) is 5.84. The lowest BCUT2D eigenvalue weighted by atomic mass is 9.99. The van der Waals surface area contributed by atoms with Gasteiger partial charge in [0.05, 0.1) is 26.2 Å². The predicted molar refractivity (Wildman–Crippen MR) is 109 cm³/mol. The zero-order valence-electron chi connectivity index (χ0n) is 17.1. The van der Waals surface area contributed by atoms with Gasteiger partial charge in [-0.05, 0) is 18.2 Å². The standard InChI is InChI=1S/C21H22O11/c1-28-11-6-12(31-21-18(27)17(26)16(25)13(7-22)32-21)19(29-2)14-15(24)9-5-8(23)3-4-10(9)30-20(11)14/h3-6,13,16-18,21-23,25-27H,7H2,1-2H3/t13-,16-,17+,18-,21-/m1/s1. The Balaban J connectivity index is 1.89. The fraction of sp³-hybridized carbons (Fsp3) is 0.381. The fourth-order valence-electron chi connectivity index (χ4n) is 3.67. The van der Waals surface area contributed by atoms with Crippen LogP contribution in [0, 0.1) is 0 Å². The lowest BCUT2D eigenvalue weighted by molar-refractivity contribution is -0.277. The van der Waals surface area contributed by atoms with Crippen LogP contribution < -0.4 is 19.6 Å². The van der Waals surface area contributed by atoms with E-state index in [4.69, 9.17) is 23.4 Å². The number of hydrogen-bond donors (Lipinski definition) is 5. The second kappa shape index (κ2) is 8.45. The third kappa shape index (κ3) is 3.49. The molecule has 1 fully saturated rings. The van der Waals surface area contributed by atoms with E-state index in [-0.39, 0.29) is 44.9 Å². The van der Waals surface area contributed by atoms with E-state index >= 15 is 0 Å². The van der Waals surface area contributed by atoms with Crippen molar-refractivity contribution in [3.8, 4) is 23.0 Å². The van der Waals surface area contributed by atoms with Crippen molar-refractivity contribution in [2.75, 3.05) is 20.8 Å². The van der Waals surface area contributed by atoms with E-state index < -0.39 is 42.7 Å². The molecular weight excluding hydrogens is 428 g/mol. The van der Waals surface area contributed by atoms with E-state index in [0.717, 1.165) is 0 Å². The van der Waals surface area contributed by atoms with E-state index in [1.165, 1.54) is 38.5 Å². The number of phenols is 1. The number of hydrogen-bond acceptors (Lipinski definition) is 11. The molecule has 11 heteroatoms. The maximum absolute atomic E-state index is 13.2. The summed E-state index contributed by atoms with van der Waals surface area (Å²) in [5, 5.41) is 49.5. The molecule has 0 amide bonds. The highest BCUT2D eigenvalue weighted by Crippen LogP contribution is 2.42. The van der Waals surface area contributed by atoms with Gasteiger partial charge >= 0.3 is 0 Å². The molecule has 0 aliphatic carbocycles. The topological polar surface area (TPSA) is 168 Å². The lowest BCUT2D eigenvalue weighted by Crippen LogP contribution is -2.60. The van der Waals surface area contributed by atoms with Crippen LogP contribution in [-0.4, -0.2) is 77.1 Å². The van der Waals surface area contributed by atoms with Crippen molar-refractivity contribution in [2.45, 2.75) is 30.7 Å². The molecule has 2 heterocycles. The zero-order chi connectivity index (χ0) is 23.2. The number of fused-ring (bicyclic) bond motifs is 2. The molecular formula is C21H22O11. The molecule has 5 atom stereocenters. The molecule has 5 N–H and O–H groups in total. The van der Waals surface area contributed by atoms with Crippen LogP contribution in [0.2, 0.25) is 0 Å². The highest BCUT2D eigenvalue weighted by molar-refractivity contribution is 5.98. The average molecular weight is 450 g/mol. The maximum atomic E-state index is 13.2. The van der Waals surface area contributed by atoms with E-state index in [1.807, 2.05) is 0 Å². The molecule has 172 valence electrons. The summed E-state index contributed by atoms with van der Waals surface area (Å²) >= 11 is 0. The zero-order valence-corrected chi connectivity index (χ0v) is 17.1. The molecule has 3 aromatic rings. The largest absolute Gasteiger partial charge is 0.508 e. The molecule has 0 saturated carbocycles. The van der Waals surface area contributed by atoms with Crippen LogP contribution in [0.15, 0.2) is 33.5 Å². The quantitative estimate of drug-likeness (QED) is 0.328. The summed E-state index contributed by atoms with van der Waals surface area (Å²) in [4.78, 5) is 13.2. The van der Waals surface area contributed by atoms with Crippen LogP contribution in [0.25, 0.3) is 21.9 Å². The van der Waals surface area contributed by atoms with Gasteiger partial charge < -0.3 is 48.9 Å². The highest BCUT2D eigenvalue weighted by Gasteiger charge is 2.45. The second-order valence-electron chi connectivity index (χ2n) is 7.24. The molecule has 1 aliphatic rings. The molecule has 1 aliphatic heterocycles. The summed E-state index contributed by atoms with van der Waals surface area (Å²) in [5.41, 5.74) is -0.261. The van der Waals surface area contributed by atoms with Crippen molar-refractivity contribution in [1.29, 1.82) is 0 Å². The van der Waals surface area contributed by atoms with Gasteiger partial charge in [-0.2, -0.15) is 0 Å². The third-order valence-corrected chi connectivity index (χ3v) is 5.33. The molecule has 1 saturated heterocycles. The Bertz CT molecular complexity index is 1200. The number of benzene rings is 2. The molecule has 4 rings (SSSR count). The number of ether oxygens (including phenoxy) is 4. The van der Waals surface area contributed by atoms with Crippen molar-refractivity contribution >= 4 is 21.9 Å². The van der Waals surface area contributed by atoms with Crippen LogP contribution in [0.5, 0.6) is 23.0 Å². The Morgan fingerprint density at radius 1 is 1.00 bits per heavy atom. The van der Waals surface area contributed by atoms with Gasteiger partial charge in [0.25, 0.3) is 0 Å². The summed E-state index contributed by atoms with van der Waals surface area (Å²) in [6.45, 7) is -0.637. The molecule has 0 radical (unpaired) electrons. The van der Waals surface area contributed by atoms with Crippen LogP contribution in [0.1, 0.15) is 0 Å². The van der Waals surface area contributed by atoms with Crippen molar-refractivity contribution in [2.24, 2.45) is 0 Å². The molecule has 0 unspecified atom stereocenters. The van der Waals surface area contributed by atoms with Gasteiger partial charge in [-0.3, -0.25) is 4.79 Å². The van der Waals surface area contributed by atoms with Crippen molar-refractivity contribution < 1.29 is 48.9 Å². The maximum Gasteiger partial charge on any atom is 0.229 e. The first-order valence-corrected chi connectivity index (χ1v) is 9.62. The fourth-order valence-corrected chi connectivity index (χ4v) is 3.67. The van der Waals surface area contributed by atoms with Gasteiger partial charge in [-0.1, -0.05) is 0 Å². The molecule has 2 aromatic carbocycles. The van der Waals surface area contributed by atoms with Gasteiger partial charge in [-0.15, -0.1) is 0 Å². The van der Waals surface area contributed by atoms with Crippen molar-refractivity contribution in [1.82, 2.24) is 0 Å². The Hall–Kier alpha value is -3.09. The van der Waals surface area contributed by atoms with Crippen LogP contribution in [-0.2, 0) is 4.74 Å². The predicted octanol–water partition coefficient (Wildman–Crippen LogP) is -0.152. The minimum Gasteiger partial charge on any atom is -0.508 e. The van der Waals surface area contributed by atoms with Crippen molar-refractivity contribution in [3.63, 3.8) is 0 Å². The van der Waals surface area contributed by atoms with Crippen molar-refractivity contribution in [3.05, 3.63) is 34.5 Å². The first kappa shape index (κ1) is 22.1. The first-order chi connectivity index (χ1) is 15.3. The second-order valence-corrected chi connectivity index (χ2v) is 7.24. The minimum atomic E-state index is -1.68. The molecule has 11 nitrogen and oxygen atoms in total. The summed E-state index contributed by atoms with van der Waals surface area (Å²) in [6.07, 6.45) is -7.60. The van der Waals surface area contributed by atoms with E-state index in [0.29, 0.717) is 0 Å². The van der Waals surface area contributed by atoms with E-state index in [2.05, 4.69) is 0 Å². The Morgan fingerprint density at radius 3 is 2.41 bits per heavy atom. The first-order valence-electron chi connectivity index (χ1n) is 9.62. The minimum absolute atomic E-state index is 0.0514. The number of aliphatic hydroxyl groups is 4. The smallest absolute Gasteiger partial charge is 0.229 e. The monoisotopic (exact) mass is 450 g/mol. The molecule has 0 bridgehead atoms. The number of methoxy groups -OCH3 is 2. The average Bonchev–Trinajstić information content (AvgIpc) is 2.79. The Labute approximate surface area is 180 Å².